The van der Waals surface area contributed by atoms with Crippen LogP contribution < -0.4 is 5.32 Å². The normalized spacial score (nSPS) is 22.3. The third-order valence-corrected chi connectivity index (χ3v) is 6.32. The number of ether oxygens (including phenoxy) is 2. The SMILES string of the molecule is COC(OC)C1=C(C(=O)O)N2C(=O)[C@@H](NC(=O)Cc3cccs3)[C@H]2SC1. The Morgan fingerprint density at radius 1 is 1.42 bits per heavy atom. The molecule has 0 unspecified atom stereocenters. The maximum atomic E-state index is 12.5. The van der Waals surface area contributed by atoms with E-state index in [0.29, 0.717) is 11.3 Å². The first-order valence-electron chi connectivity index (χ1n) is 7.76. The van der Waals surface area contributed by atoms with Gasteiger partial charge in [-0.1, -0.05) is 6.07 Å². The number of thiophene rings is 1. The number of carboxylic acids is 1. The Bertz CT molecular complexity index is 744. The average Bonchev–Trinajstić information content (AvgIpc) is 3.12. The van der Waals surface area contributed by atoms with Crippen LogP contribution in [0.1, 0.15) is 4.88 Å². The zero-order chi connectivity index (χ0) is 18.8. The van der Waals surface area contributed by atoms with E-state index in [2.05, 4.69) is 5.32 Å². The predicted molar refractivity (Wildman–Crippen MR) is 95.5 cm³/mol. The summed E-state index contributed by atoms with van der Waals surface area (Å²) in [6.07, 6.45) is -0.643. The summed E-state index contributed by atoms with van der Waals surface area (Å²) in [4.78, 5) is 38.5. The number of carbonyl (C=O) groups is 3. The van der Waals surface area contributed by atoms with Gasteiger partial charge in [0.25, 0.3) is 5.91 Å². The van der Waals surface area contributed by atoms with Crippen LogP contribution in [0.25, 0.3) is 0 Å². The summed E-state index contributed by atoms with van der Waals surface area (Å²) in [5.74, 6) is -1.59. The van der Waals surface area contributed by atoms with E-state index in [4.69, 9.17) is 9.47 Å². The second-order valence-electron chi connectivity index (χ2n) is 5.69. The number of hydrogen-bond donors (Lipinski definition) is 2. The van der Waals surface area contributed by atoms with Gasteiger partial charge in [0, 0.05) is 30.4 Å². The lowest BCUT2D eigenvalue weighted by molar-refractivity contribution is -0.151. The van der Waals surface area contributed by atoms with Crippen LogP contribution in [0.5, 0.6) is 0 Å². The molecule has 2 amide bonds. The summed E-state index contributed by atoms with van der Waals surface area (Å²) >= 11 is 2.84. The van der Waals surface area contributed by atoms with Gasteiger partial charge in [0.2, 0.25) is 5.91 Å². The van der Waals surface area contributed by atoms with Gasteiger partial charge in [-0.05, 0) is 11.4 Å². The number of aliphatic carboxylic acids is 1. The number of thioether (sulfide) groups is 1. The molecule has 3 heterocycles. The lowest BCUT2D eigenvalue weighted by Crippen LogP contribution is -2.71. The molecule has 0 aliphatic carbocycles. The molecule has 2 N–H and O–H groups in total. The molecule has 0 radical (unpaired) electrons. The summed E-state index contributed by atoms with van der Waals surface area (Å²) in [6.45, 7) is 0. The fraction of sp³-hybridized carbons (Fsp3) is 0.438. The summed E-state index contributed by atoms with van der Waals surface area (Å²) in [7, 11) is 2.81. The number of methoxy groups -OCH3 is 2. The number of β-lactam (4-membered cyclic amide) rings is 1. The van der Waals surface area contributed by atoms with Crippen LogP contribution in [-0.2, 0) is 30.3 Å². The number of hydrogen-bond acceptors (Lipinski definition) is 7. The molecule has 2 aliphatic rings. The summed E-state index contributed by atoms with van der Waals surface area (Å²) in [5.41, 5.74) is 0.261. The van der Waals surface area contributed by atoms with E-state index in [9.17, 15) is 19.5 Å². The first kappa shape index (κ1) is 18.9. The Hall–Kier alpha value is -1.88. The van der Waals surface area contributed by atoms with Crippen molar-refractivity contribution in [3.8, 4) is 0 Å². The minimum absolute atomic E-state index is 0.129. The highest BCUT2D eigenvalue weighted by Gasteiger charge is 2.54. The standard InChI is InChI=1S/C16H18N2O6S2/c1-23-16(24-2)9-7-26-14-11(13(20)18(14)12(9)15(21)22)17-10(19)6-8-4-3-5-25-8/h3-5,11,14,16H,6-7H2,1-2H3,(H,17,19)(H,21,22)/t11-,14-/m1/s1. The Morgan fingerprint density at radius 3 is 2.73 bits per heavy atom. The third kappa shape index (κ3) is 3.37. The van der Waals surface area contributed by atoms with Crippen molar-refractivity contribution in [3.63, 3.8) is 0 Å². The van der Waals surface area contributed by atoms with Gasteiger partial charge in [-0.3, -0.25) is 14.5 Å². The molecule has 1 aromatic rings. The van der Waals surface area contributed by atoms with E-state index in [-0.39, 0.29) is 18.0 Å². The second kappa shape index (κ2) is 7.78. The molecule has 0 spiro atoms. The molecular formula is C16H18N2O6S2. The van der Waals surface area contributed by atoms with Crippen LogP contribution in [0.15, 0.2) is 28.8 Å². The Labute approximate surface area is 158 Å². The zero-order valence-electron chi connectivity index (χ0n) is 14.1. The molecular weight excluding hydrogens is 380 g/mol. The van der Waals surface area contributed by atoms with Gasteiger partial charge in [0.05, 0.1) is 6.42 Å². The molecule has 10 heteroatoms. The van der Waals surface area contributed by atoms with Crippen LogP contribution in [0.4, 0.5) is 0 Å². The van der Waals surface area contributed by atoms with E-state index in [1.807, 2.05) is 17.5 Å². The van der Waals surface area contributed by atoms with E-state index >= 15 is 0 Å². The number of nitrogens with one attached hydrogen (secondary N) is 1. The first-order chi connectivity index (χ1) is 12.5. The summed E-state index contributed by atoms with van der Waals surface area (Å²) < 4.78 is 10.3. The molecule has 8 nitrogen and oxygen atoms in total. The van der Waals surface area contributed by atoms with Gasteiger partial charge < -0.3 is 19.9 Å². The van der Waals surface area contributed by atoms with Gasteiger partial charge in [0.1, 0.15) is 17.1 Å². The van der Waals surface area contributed by atoms with Crippen molar-refractivity contribution in [2.75, 3.05) is 20.0 Å². The van der Waals surface area contributed by atoms with Gasteiger partial charge in [-0.15, -0.1) is 23.1 Å². The molecule has 1 saturated heterocycles. The molecule has 0 bridgehead atoms. The summed E-state index contributed by atoms with van der Waals surface area (Å²) in [5, 5.41) is 13.7. The third-order valence-electron chi connectivity index (χ3n) is 4.14. The number of fused-ring (bicyclic) bond motifs is 1. The van der Waals surface area contributed by atoms with Crippen LogP contribution in [0, 0.1) is 0 Å². The van der Waals surface area contributed by atoms with Crippen LogP contribution in [0.2, 0.25) is 0 Å². The lowest BCUT2D eigenvalue weighted by Gasteiger charge is -2.49. The first-order valence-corrected chi connectivity index (χ1v) is 9.69. The highest BCUT2D eigenvalue weighted by atomic mass is 32.2. The molecule has 2 aliphatic heterocycles. The van der Waals surface area contributed by atoms with Crippen molar-refractivity contribution in [1.29, 1.82) is 0 Å². The quantitative estimate of drug-likeness (QED) is 0.513. The van der Waals surface area contributed by atoms with E-state index < -0.39 is 29.6 Å². The van der Waals surface area contributed by atoms with Crippen molar-refractivity contribution in [2.24, 2.45) is 0 Å². The topological polar surface area (TPSA) is 105 Å². The van der Waals surface area contributed by atoms with Crippen molar-refractivity contribution < 1.29 is 29.0 Å². The van der Waals surface area contributed by atoms with E-state index in [0.717, 1.165) is 4.88 Å². The molecule has 0 aromatic carbocycles. The van der Waals surface area contributed by atoms with Gasteiger partial charge >= 0.3 is 5.97 Å². The van der Waals surface area contributed by atoms with Crippen molar-refractivity contribution in [1.82, 2.24) is 10.2 Å². The Balaban J connectivity index is 1.74. The minimum atomic E-state index is -1.22. The maximum absolute atomic E-state index is 12.5. The van der Waals surface area contributed by atoms with Crippen LogP contribution >= 0.6 is 23.1 Å². The Kier molecular flexibility index (Phi) is 5.66. The van der Waals surface area contributed by atoms with Crippen LogP contribution in [0.3, 0.4) is 0 Å². The van der Waals surface area contributed by atoms with E-state index in [1.165, 1.54) is 42.2 Å². The molecule has 1 aromatic heterocycles. The van der Waals surface area contributed by atoms with Crippen molar-refractivity contribution in [3.05, 3.63) is 33.7 Å². The molecule has 26 heavy (non-hydrogen) atoms. The molecule has 3 rings (SSSR count). The number of nitrogens with zero attached hydrogens (tertiary/aromatic N) is 1. The second-order valence-corrected chi connectivity index (χ2v) is 7.83. The smallest absolute Gasteiger partial charge is 0.352 e. The van der Waals surface area contributed by atoms with Gasteiger partial charge in [0.15, 0.2) is 6.29 Å². The zero-order valence-corrected chi connectivity index (χ0v) is 15.8. The monoisotopic (exact) mass is 398 g/mol. The van der Waals surface area contributed by atoms with E-state index in [1.54, 1.807) is 0 Å². The molecule has 140 valence electrons. The summed E-state index contributed by atoms with van der Waals surface area (Å²) in [6, 6.07) is 2.97. The number of carboxylic acid groups (broad SMARTS) is 1. The van der Waals surface area contributed by atoms with Gasteiger partial charge in [-0.2, -0.15) is 0 Å². The molecule has 0 saturated carbocycles. The maximum Gasteiger partial charge on any atom is 0.352 e. The fourth-order valence-corrected chi connectivity index (χ4v) is 5.06. The number of amides is 2. The van der Waals surface area contributed by atoms with Gasteiger partial charge in [-0.25, -0.2) is 4.79 Å². The predicted octanol–water partition coefficient (Wildman–Crippen LogP) is 0.648. The van der Waals surface area contributed by atoms with Crippen molar-refractivity contribution >= 4 is 40.9 Å². The Morgan fingerprint density at radius 2 is 2.15 bits per heavy atom. The largest absolute Gasteiger partial charge is 0.477 e. The fourth-order valence-electron chi connectivity index (χ4n) is 3.00. The lowest BCUT2D eigenvalue weighted by atomic mass is 10.0. The number of carbonyl (C=O) groups excluding carboxylic acids is 2. The van der Waals surface area contributed by atoms with Crippen LogP contribution in [-0.4, -0.2) is 65.5 Å². The van der Waals surface area contributed by atoms with Crippen molar-refractivity contribution in [2.45, 2.75) is 24.1 Å². The highest BCUT2D eigenvalue weighted by Crippen LogP contribution is 2.41. The number of rotatable bonds is 7. The molecule has 2 atom stereocenters. The molecule has 1 fully saturated rings. The average molecular weight is 398 g/mol. The minimum Gasteiger partial charge on any atom is -0.477 e. The highest BCUT2D eigenvalue weighted by molar-refractivity contribution is 8.00.